The summed E-state index contributed by atoms with van der Waals surface area (Å²) in [4.78, 5) is 27.8. The zero-order valence-electron chi connectivity index (χ0n) is 21.1. The van der Waals surface area contributed by atoms with E-state index in [-0.39, 0.29) is 43.2 Å². The molecule has 1 fully saturated rings. The number of halogens is 1. The number of fused-ring (bicyclic) bond motifs is 1. The van der Waals surface area contributed by atoms with Gasteiger partial charge in [-0.15, -0.1) is 21.8 Å². The number of benzene rings is 1. The Morgan fingerprint density at radius 3 is 2.98 bits per heavy atom. The van der Waals surface area contributed by atoms with Crippen LogP contribution < -0.4 is 20.7 Å². The number of carbonyl (C=O) groups excluding carboxylic acids is 2. The van der Waals surface area contributed by atoms with Crippen LogP contribution in [0.15, 0.2) is 47.2 Å². The normalized spacial score (nSPS) is 17.9. The number of aliphatic hydroxyl groups excluding tert-OH is 1. The first-order chi connectivity index (χ1) is 19.2. The minimum Gasteiger partial charge on any atom is -0.470 e. The summed E-state index contributed by atoms with van der Waals surface area (Å²) in [6, 6.07) is 7.81. The molecule has 0 spiro atoms. The lowest BCUT2D eigenvalue weighted by atomic mass is 9.95. The molecule has 5 rings (SSSR count). The average Bonchev–Trinajstić information content (AvgIpc) is 3.59. The molecule has 1 aromatic carbocycles. The number of morpholine rings is 1. The van der Waals surface area contributed by atoms with E-state index in [1.165, 1.54) is 28.8 Å². The van der Waals surface area contributed by atoms with Crippen molar-refractivity contribution < 1.29 is 33.8 Å². The number of carbonyl (C=O) groups is 2. The molecule has 2 amide bonds. The summed E-state index contributed by atoms with van der Waals surface area (Å²) in [5, 5.41) is 39.4. The van der Waals surface area contributed by atoms with Crippen LogP contribution in [0.4, 0.5) is 17.3 Å². The molecule has 4 heterocycles. The predicted molar refractivity (Wildman–Crippen MR) is 141 cm³/mol. The number of aliphatic hydroxyl groups is 2. The van der Waals surface area contributed by atoms with Gasteiger partial charge in [0, 0.05) is 30.1 Å². The monoisotopic (exact) mass is 572 g/mol. The van der Waals surface area contributed by atoms with Gasteiger partial charge in [0.15, 0.2) is 28.9 Å². The van der Waals surface area contributed by atoms with Gasteiger partial charge in [-0.1, -0.05) is 5.16 Å². The summed E-state index contributed by atoms with van der Waals surface area (Å²) < 4.78 is 17.6. The smallest absolute Gasteiger partial charge is 0.260 e. The highest BCUT2D eigenvalue weighted by atomic mass is 35.5. The molecule has 1 saturated heterocycles. The van der Waals surface area contributed by atoms with Crippen LogP contribution in [0.3, 0.4) is 0 Å². The Labute approximate surface area is 231 Å². The standard InChI is InChI=1S/C24H25ClN8O7/c1-24(37,23(36)28-13-2-3-16-17(8-13)40-31-21(16)26)20-22(35)32(6-7-38-20)18-4-5-33(30-18)14-9-19(29-27-11-14)39-15(10-25)12-34/h2-5,8-9,11,15,20,34,37H,6-7,10,12H2,1H3,(H2,26,31)(H,28,36)/t15?,20-,24+/m0/s1. The molecule has 0 aliphatic carbocycles. The van der Waals surface area contributed by atoms with E-state index < -0.39 is 29.6 Å². The van der Waals surface area contributed by atoms with Gasteiger partial charge in [0.25, 0.3) is 11.8 Å². The fraction of sp³-hybridized carbons (Fsp3) is 0.333. The summed E-state index contributed by atoms with van der Waals surface area (Å²) in [6.07, 6.45) is 0.860. The molecule has 4 aromatic rings. The number of nitrogens with two attached hydrogens (primary N) is 1. The zero-order valence-corrected chi connectivity index (χ0v) is 21.9. The second kappa shape index (κ2) is 11.1. The Morgan fingerprint density at radius 2 is 2.20 bits per heavy atom. The summed E-state index contributed by atoms with van der Waals surface area (Å²) in [7, 11) is 0. The van der Waals surface area contributed by atoms with Crippen LogP contribution in [-0.2, 0) is 14.3 Å². The Morgan fingerprint density at radius 1 is 1.38 bits per heavy atom. The molecule has 15 nitrogen and oxygen atoms in total. The maximum Gasteiger partial charge on any atom is 0.260 e. The van der Waals surface area contributed by atoms with Gasteiger partial charge in [0.1, 0.15) is 6.10 Å². The quantitative estimate of drug-likeness (QED) is 0.202. The molecule has 0 bridgehead atoms. The van der Waals surface area contributed by atoms with Crippen molar-refractivity contribution in [2.24, 2.45) is 0 Å². The largest absolute Gasteiger partial charge is 0.470 e. The lowest BCUT2D eigenvalue weighted by Crippen LogP contribution is -2.61. The third kappa shape index (κ3) is 5.27. The molecule has 3 aromatic heterocycles. The Hall–Kier alpha value is -4.31. The molecular formula is C24H25ClN8O7. The molecule has 0 radical (unpaired) electrons. The van der Waals surface area contributed by atoms with Crippen LogP contribution in [0.25, 0.3) is 16.7 Å². The highest BCUT2D eigenvalue weighted by Gasteiger charge is 2.49. The zero-order chi connectivity index (χ0) is 28.4. The van der Waals surface area contributed by atoms with E-state index in [9.17, 15) is 19.8 Å². The third-order valence-corrected chi connectivity index (χ3v) is 6.56. The molecule has 40 heavy (non-hydrogen) atoms. The first-order valence-electron chi connectivity index (χ1n) is 12.0. The summed E-state index contributed by atoms with van der Waals surface area (Å²) in [6.45, 7) is 1.09. The number of nitrogens with zero attached hydrogens (tertiary/aromatic N) is 6. The average molecular weight is 573 g/mol. The molecular weight excluding hydrogens is 548 g/mol. The van der Waals surface area contributed by atoms with Gasteiger partial charge in [-0.25, -0.2) is 4.68 Å². The van der Waals surface area contributed by atoms with Crippen molar-refractivity contribution in [2.75, 3.05) is 41.6 Å². The number of amides is 2. The minimum atomic E-state index is -2.24. The van der Waals surface area contributed by atoms with Crippen molar-refractivity contribution in [3.05, 3.63) is 42.7 Å². The van der Waals surface area contributed by atoms with Gasteiger partial charge in [-0.2, -0.15) is 5.10 Å². The topological polar surface area (TPSA) is 204 Å². The van der Waals surface area contributed by atoms with E-state index in [1.54, 1.807) is 30.5 Å². The Balaban J connectivity index is 1.31. The van der Waals surface area contributed by atoms with Gasteiger partial charge in [-0.05, 0) is 19.1 Å². The van der Waals surface area contributed by atoms with Gasteiger partial charge >= 0.3 is 0 Å². The first kappa shape index (κ1) is 27.3. The minimum absolute atomic E-state index is 0.0474. The molecule has 5 N–H and O–H groups in total. The Bertz CT molecular complexity index is 1540. The number of alkyl halides is 1. The van der Waals surface area contributed by atoms with Gasteiger partial charge in [0.2, 0.25) is 5.88 Å². The summed E-state index contributed by atoms with van der Waals surface area (Å²) >= 11 is 5.75. The molecule has 1 aliphatic rings. The van der Waals surface area contributed by atoms with Crippen LogP contribution in [0.1, 0.15) is 6.92 Å². The van der Waals surface area contributed by atoms with Gasteiger partial charge < -0.3 is 35.3 Å². The molecule has 1 aliphatic heterocycles. The second-order valence-corrected chi connectivity index (χ2v) is 9.38. The molecule has 3 atom stereocenters. The van der Waals surface area contributed by atoms with E-state index in [0.717, 1.165) is 0 Å². The van der Waals surface area contributed by atoms with Crippen molar-refractivity contribution in [1.29, 1.82) is 0 Å². The van der Waals surface area contributed by atoms with Crippen molar-refractivity contribution in [1.82, 2.24) is 25.1 Å². The SMILES string of the molecule is C[C@](O)(C(=O)Nc1ccc2c(N)noc2c1)[C@H]1OCCN(c2ccn(-c3cnnc(OC(CO)CCl)c3)n2)C1=O. The number of nitrogens with one attached hydrogen (secondary N) is 1. The highest BCUT2D eigenvalue weighted by Crippen LogP contribution is 2.27. The number of rotatable bonds is 9. The second-order valence-electron chi connectivity index (χ2n) is 9.07. The third-order valence-electron chi connectivity index (χ3n) is 6.21. The van der Waals surface area contributed by atoms with E-state index in [4.69, 9.17) is 31.3 Å². The molecule has 0 saturated carbocycles. The lowest BCUT2D eigenvalue weighted by molar-refractivity contribution is -0.165. The summed E-state index contributed by atoms with van der Waals surface area (Å²) in [5.41, 5.74) is 4.60. The fourth-order valence-corrected chi connectivity index (χ4v) is 4.20. The molecule has 1 unspecified atom stereocenters. The molecule has 210 valence electrons. The van der Waals surface area contributed by atoms with Gasteiger partial charge in [-0.3, -0.25) is 14.5 Å². The maximum atomic E-state index is 13.4. The van der Waals surface area contributed by atoms with Crippen molar-refractivity contribution in [2.45, 2.75) is 24.7 Å². The first-order valence-corrected chi connectivity index (χ1v) is 12.6. The molecule has 16 heteroatoms. The lowest BCUT2D eigenvalue weighted by Gasteiger charge is -2.37. The van der Waals surface area contributed by atoms with Crippen molar-refractivity contribution in [3.63, 3.8) is 0 Å². The van der Waals surface area contributed by atoms with E-state index in [2.05, 4.69) is 25.8 Å². The number of aromatic nitrogens is 5. The van der Waals surface area contributed by atoms with E-state index >= 15 is 0 Å². The fourth-order valence-electron chi connectivity index (χ4n) is 4.04. The van der Waals surface area contributed by atoms with Gasteiger partial charge in [0.05, 0.1) is 42.9 Å². The number of hydrogen-bond acceptors (Lipinski definition) is 12. The number of hydrogen-bond donors (Lipinski definition) is 4. The van der Waals surface area contributed by atoms with Crippen molar-refractivity contribution in [3.8, 4) is 11.6 Å². The Kier molecular flexibility index (Phi) is 7.53. The van der Waals surface area contributed by atoms with E-state index in [1.807, 2.05) is 0 Å². The maximum absolute atomic E-state index is 13.4. The van der Waals surface area contributed by atoms with Crippen LogP contribution in [-0.4, -0.2) is 90.6 Å². The highest BCUT2D eigenvalue weighted by molar-refractivity contribution is 6.18. The number of nitrogen functional groups attached to an aromatic ring is 1. The van der Waals surface area contributed by atoms with Crippen LogP contribution >= 0.6 is 11.6 Å². The van der Waals surface area contributed by atoms with Crippen LogP contribution in [0.2, 0.25) is 0 Å². The van der Waals surface area contributed by atoms with Crippen LogP contribution in [0.5, 0.6) is 5.88 Å². The van der Waals surface area contributed by atoms with Crippen molar-refractivity contribution >= 4 is 51.7 Å². The predicted octanol–water partition coefficient (Wildman–Crippen LogP) is 0.486. The van der Waals surface area contributed by atoms with E-state index in [0.29, 0.717) is 22.3 Å². The number of ether oxygens (including phenoxy) is 2. The van der Waals surface area contributed by atoms with Crippen LogP contribution in [0, 0.1) is 0 Å². The summed E-state index contributed by atoms with van der Waals surface area (Å²) in [5.74, 6) is -0.860. The number of anilines is 3.